The highest BCUT2D eigenvalue weighted by atomic mass is 32.2. The second-order valence-corrected chi connectivity index (χ2v) is 13.0. The van der Waals surface area contributed by atoms with Gasteiger partial charge in [0.2, 0.25) is 10.0 Å². The molecule has 0 radical (unpaired) electrons. The first-order valence-corrected chi connectivity index (χ1v) is 15.4. The summed E-state index contributed by atoms with van der Waals surface area (Å²) in [7, 11) is -2.32. The molecule has 1 atom stereocenters. The highest BCUT2D eigenvalue weighted by Crippen LogP contribution is 2.46. The lowest BCUT2D eigenvalue weighted by Crippen LogP contribution is -2.46. The number of hydrogen-bond donors (Lipinski definition) is 1. The van der Waals surface area contributed by atoms with Crippen LogP contribution in [0.5, 0.6) is 5.75 Å². The topological polar surface area (TPSA) is 96.4 Å². The number of aromatic carboxylic acids is 1. The van der Waals surface area contributed by atoms with E-state index in [9.17, 15) is 22.7 Å². The fourth-order valence-electron chi connectivity index (χ4n) is 6.16. The third-order valence-corrected chi connectivity index (χ3v) is 10.4. The summed E-state index contributed by atoms with van der Waals surface area (Å²) in [5, 5.41) is 9.56. The van der Waals surface area contributed by atoms with E-state index in [1.807, 2.05) is 30.3 Å². The van der Waals surface area contributed by atoms with E-state index in [-0.39, 0.29) is 23.0 Å². The fraction of sp³-hybridized carbons (Fsp3) is 0.387. The third-order valence-electron chi connectivity index (χ3n) is 8.52. The molecule has 3 aromatic carbocycles. The van der Waals surface area contributed by atoms with Crippen LogP contribution in [0.3, 0.4) is 0 Å². The smallest absolute Gasteiger partial charge is 0.338 e. The number of para-hydroxylation sites is 1. The zero-order valence-electron chi connectivity index (χ0n) is 22.8. The zero-order chi connectivity index (χ0) is 28.7. The first-order valence-electron chi connectivity index (χ1n) is 14.0. The van der Waals surface area contributed by atoms with Crippen LogP contribution in [-0.2, 0) is 14.8 Å². The molecule has 1 N–H and O–H groups in total. The van der Waals surface area contributed by atoms with E-state index in [4.69, 9.17) is 9.47 Å². The molecule has 2 heterocycles. The maximum atomic E-state index is 14.4. The Morgan fingerprint density at radius 1 is 1.02 bits per heavy atom. The van der Waals surface area contributed by atoms with Crippen molar-refractivity contribution in [3.8, 4) is 16.9 Å². The number of benzene rings is 3. The van der Waals surface area contributed by atoms with Crippen molar-refractivity contribution >= 4 is 27.4 Å². The molecule has 10 heteroatoms. The highest BCUT2D eigenvalue weighted by Gasteiger charge is 2.41. The van der Waals surface area contributed by atoms with Crippen LogP contribution in [0.2, 0.25) is 0 Å². The van der Waals surface area contributed by atoms with Crippen LogP contribution in [0.4, 0.5) is 15.8 Å². The van der Waals surface area contributed by atoms with Crippen LogP contribution in [0, 0.1) is 11.7 Å². The van der Waals surface area contributed by atoms with E-state index in [0.29, 0.717) is 42.3 Å². The molecule has 3 aliphatic rings. The average Bonchev–Trinajstić information content (AvgIpc) is 3.03. The molecule has 0 aromatic heterocycles. The minimum Gasteiger partial charge on any atom is -0.485 e. The number of nitrogens with zero attached hydrogens (tertiary/aromatic N) is 2. The molecule has 0 bridgehead atoms. The Morgan fingerprint density at radius 3 is 2.41 bits per heavy atom. The van der Waals surface area contributed by atoms with Gasteiger partial charge in [0.15, 0.2) is 0 Å². The summed E-state index contributed by atoms with van der Waals surface area (Å²) in [6, 6.07) is 16.5. The number of rotatable bonds is 6. The molecule has 6 rings (SSSR count). The van der Waals surface area contributed by atoms with Crippen LogP contribution in [-0.4, -0.2) is 62.8 Å². The number of carboxylic acid groups (broad SMARTS) is 1. The summed E-state index contributed by atoms with van der Waals surface area (Å²) < 4.78 is 56.2. The number of halogens is 1. The fourth-order valence-corrected chi connectivity index (χ4v) is 7.77. The molecule has 0 spiro atoms. The number of carbonyl (C=O) groups is 1. The van der Waals surface area contributed by atoms with E-state index < -0.39 is 27.4 Å². The van der Waals surface area contributed by atoms with Gasteiger partial charge in [-0.25, -0.2) is 17.6 Å². The van der Waals surface area contributed by atoms with Gasteiger partial charge in [0.1, 0.15) is 22.6 Å². The maximum Gasteiger partial charge on any atom is 0.338 e. The predicted octanol–water partition coefficient (Wildman–Crippen LogP) is 5.69. The van der Waals surface area contributed by atoms with Crippen molar-refractivity contribution in [3.05, 3.63) is 72.0 Å². The lowest BCUT2D eigenvalue weighted by atomic mass is 9.83. The summed E-state index contributed by atoms with van der Waals surface area (Å²) in [5.74, 6) is -1.67. The van der Waals surface area contributed by atoms with Crippen molar-refractivity contribution in [1.29, 1.82) is 0 Å². The summed E-state index contributed by atoms with van der Waals surface area (Å²) in [6.45, 7) is 1.24. The molecular formula is C31H33FN2O6S. The molecule has 216 valence electrons. The van der Waals surface area contributed by atoms with E-state index in [2.05, 4.69) is 4.90 Å². The molecule has 0 amide bonds. The predicted molar refractivity (Wildman–Crippen MR) is 153 cm³/mol. The van der Waals surface area contributed by atoms with Gasteiger partial charge in [-0.3, -0.25) is 0 Å². The van der Waals surface area contributed by atoms with Crippen molar-refractivity contribution in [3.63, 3.8) is 0 Å². The summed E-state index contributed by atoms with van der Waals surface area (Å²) >= 11 is 0. The Balaban J connectivity index is 1.57. The highest BCUT2D eigenvalue weighted by molar-refractivity contribution is 7.89. The molecule has 2 aliphatic heterocycles. The van der Waals surface area contributed by atoms with E-state index >= 15 is 0 Å². The van der Waals surface area contributed by atoms with Gasteiger partial charge in [0, 0.05) is 37.0 Å². The second kappa shape index (κ2) is 11.1. The first kappa shape index (κ1) is 27.7. The summed E-state index contributed by atoms with van der Waals surface area (Å²) in [4.78, 5) is 13.9. The van der Waals surface area contributed by atoms with E-state index in [1.54, 1.807) is 19.2 Å². The largest absolute Gasteiger partial charge is 0.485 e. The summed E-state index contributed by atoms with van der Waals surface area (Å²) in [6.07, 6.45) is 5.02. The minimum atomic E-state index is -3.98. The number of sulfonamides is 1. The number of hydrogen-bond acceptors (Lipinski definition) is 6. The SMILES string of the molecule is CN1[C@H](C2CCCCC2)CN(c2ccccc2)c2cc(OC3COC3)c(-c3ccc(F)c(C(=O)O)c3)cc2S1(=O)=O. The Hall–Kier alpha value is -3.47. The molecule has 2 fully saturated rings. The Labute approximate surface area is 239 Å². The van der Waals surface area contributed by atoms with Crippen LogP contribution in [0.25, 0.3) is 11.1 Å². The van der Waals surface area contributed by atoms with Crippen molar-refractivity contribution in [2.75, 3.05) is 31.7 Å². The third kappa shape index (κ3) is 5.20. The molecule has 1 saturated carbocycles. The minimum absolute atomic E-state index is 0.0931. The van der Waals surface area contributed by atoms with Crippen molar-refractivity contribution in [2.45, 2.75) is 49.1 Å². The van der Waals surface area contributed by atoms with Gasteiger partial charge in [-0.15, -0.1) is 0 Å². The molecular weight excluding hydrogens is 547 g/mol. The van der Waals surface area contributed by atoms with Gasteiger partial charge in [-0.05, 0) is 54.7 Å². The number of ether oxygens (including phenoxy) is 2. The van der Waals surface area contributed by atoms with Crippen LogP contribution >= 0.6 is 0 Å². The lowest BCUT2D eigenvalue weighted by Gasteiger charge is -2.37. The van der Waals surface area contributed by atoms with Gasteiger partial charge in [0.25, 0.3) is 0 Å². The van der Waals surface area contributed by atoms with Crippen LogP contribution < -0.4 is 9.64 Å². The van der Waals surface area contributed by atoms with Gasteiger partial charge in [0.05, 0.1) is 24.5 Å². The number of anilines is 2. The Morgan fingerprint density at radius 2 is 1.76 bits per heavy atom. The molecule has 1 aliphatic carbocycles. The van der Waals surface area contributed by atoms with Crippen molar-refractivity contribution in [1.82, 2.24) is 4.31 Å². The zero-order valence-corrected chi connectivity index (χ0v) is 23.6. The number of likely N-dealkylation sites (N-methyl/N-ethyl adjacent to an activating group) is 1. The first-order chi connectivity index (χ1) is 19.7. The Kier molecular flexibility index (Phi) is 7.48. The average molecular weight is 581 g/mol. The molecule has 3 aromatic rings. The Bertz CT molecular complexity index is 1550. The van der Waals surface area contributed by atoms with E-state index in [1.165, 1.54) is 16.4 Å². The van der Waals surface area contributed by atoms with Gasteiger partial charge in [-0.1, -0.05) is 43.5 Å². The second-order valence-electron chi connectivity index (χ2n) is 11.0. The van der Waals surface area contributed by atoms with Gasteiger partial charge < -0.3 is 19.5 Å². The van der Waals surface area contributed by atoms with Crippen LogP contribution in [0.1, 0.15) is 42.5 Å². The van der Waals surface area contributed by atoms with Crippen molar-refractivity contribution < 1.29 is 32.2 Å². The van der Waals surface area contributed by atoms with Crippen molar-refractivity contribution in [2.24, 2.45) is 5.92 Å². The molecule has 8 nitrogen and oxygen atoms in total. The summed E-state index contributed by atoms with van der Waals surface area (Å²) in [5.41, 5.74) is 1.57. The van der Waals surface area contributed by atoms with Gasteiger partial charge in [-0.2, -0.15) is 4.31 Å². The molecule has 0 unspecified atom stereocenters. The van der Waals surface area contributed by atoms with Crippen LogP contribution in [0.15, 0.2) is 65.6 Å². The van der Waals surface area contributed by atoms with Gasteiger partial charge >= 0.3 is 5.97 Å². The number of fused-ring (bicyclic) bond motifs is 1. The lowest BCUT2D eigenvalue weighted by molar-refractivity contribution is -0.0794. The molecule has 41 heavy (non-hydrogen) atoms. The number of carboxylic acids is 1. The van der Waals surface area contributed by atoms with E-state index in [0.717, 1.165) is 43.9 Å². The normalized spacial score (nSPS) is 21.5. The maximum absolute atomic E-state index is 14.4. The quantitative estimate of drug-likeness (QED) is 0.400. The standard InChI is InChI=1S/C31H33FN2O6S/c1-33-28(20-8-4-2-5-9-20)17-34(22-10-6-3-7-11-22)27-16-29(40-23-18-39-19-23)24(15-30(27)41(33,37)38)21-12-13-26(32)25(14-21)31(35)36/h3,6-7,10-16,20,23,28H,2,4-5,8-9,17-19H2,1H3,(H,35,36)/t28-/m0/s1. The monoisotopic (exact) mass is 580 g/mol. The molecule has 1 saturated heterocycles.